The van der Waals surface area contributed by atoms with Crippen LogP contribution in [0.1, 0.15) is 30.2 Å². The number of imidazole rings is 1. The van der Waals surface area contributed by atoms with Crippen LogP contribution in [-0.2, 0) is 29.7 Å². The molecule has 0 aromatic carbocycles. The number of hydrogen-bond donors (Lipinski definition) is 1. The van der Waals surface area contributed by atoms with Crippen LogP contribution in [-0.4, -0.2) is 59.1 Å². The number of nitrogens with zero attached hydrogens (tertiary/aromatic N) is 4. The third kappa shape index (κ3) is 4.27. The van der Waals surface area contributed by atoms with Crippen LogP contribution in [0.25, 0.3) is 0 Å². The molecule has 1 fully saturated rings. The van der Waals surface area contributed by atoms with Gasteiger partial charge in [-0.2, -0.15) is 0 Å². The summed E-state index contributed by atoms with van der Waals surface area (Å²) < 4.78 is 18.4. The smallest absolute Gasteiger partial charge is 0.162 e. The largest absolute Gasteiger partial charge is 0.377 e. The standard InChI is InChI=1S/C17H27N5O3/c1-4-22-7-8-24-15(16(22)17-19-5-6-21(17)2)11-18-10-13-9-14(12-23-3)25-20-13/h5-6,9,15-16,18H,4,7-8,10-12H2,1-3H3/t15-,16+/m0/s1. The predicted octanol–water partition coefficient (Wildman–Crippen LogP) is 1.11. The van der Waals surface area contributed by atoms with E-state index in [1.807, 2.05) is 25.5 Å². The molecule has 138 valence electrons. The Balaban J connectivity index is 1.61. The minimum atomic E-state index is 0.0418. The lowest BCUT2D eigenvalue weighted by atomic mass is 10.1. The summed E-state index contributed by atoms with van der Waals surface area (Å²) in [5, 5.41) is 7.48. The number of morpholine rings is 1. The summed E-state index contributed by atoms with van der Waals surface area (Å²) in [4.78, 5) is 6.97. The average molecular weight is 349 g/mol. The van der Waals surface area contributed by atoms with Crippen molar-refractivity contribution < 1.29 is 14.0 Å². The fraction of sp³-hybridized carbons (Fsp3) is 0.647. The van der Waals surface area contributed by atoms with Gasteiger partial charge in [0.15, 0.2) is 5.76 Å². The van der Waals surface area contributed by atoms with Gasteiger partial charge in [0.25, 0.3) is 0 Å². The van der Waals surface area contributed by atoms with Crippen molar-refractivity contribution in [3.05, 3.63) is 35.7 Å². The molecule has 8 heteroatoms. The summed E-state index contributed by atoms with van der Waals surface area (Å²) in [6.07, 6.45) is 3.87. The minimum absolute atomic E-state index is 0.0418. The number of methoxy groups -OCH3 is 1. The van der Waals surface area contributed by atoms with Crippen molar-refractivity contribution in [2.45, 2.75) is 32.2 Å². The second-order valence-corrected chi connectivity index (χ2v) is 6.23. The highest BCUT2D eigenvalue weighted by Crippen LogP contribution is 2.27. The van der Waals surface area contributed by atoms with E-state index >= 15 is 0 Å². The molecule has 8 nitrogen and oxygen atoms in total. The van der Waals surface area contributed by atoms with Crippen molar-refractivity contribution >= 4 is 0 Å². The van der Waals surface area contributed by atoms with Gasteiger partial charge in [-0.3, -0.25) is 4.90 Å². The summed E-state index contributed by atoms with van der Waals surface area (Å²) in [5.74, 6) is 1.77. The summed E-state index contributed by atoms with van der Waals surface area (Å²) in [6, 6.07) is 2.06. The molecule has 0 radical (unpaired) electrons. The zero-order valence-corrected chi connectivity index (χ0v) is 15.1. The van der Waals surface area contributed by atoms with Crippen LogP contribution in [0, 0.1) is 0 Å². The van der Waals surface area contributed by atoms with E-state index < -0.39 is 0 Å². The van der Waals surface area contributed by atoms with Gasteiger partial charge in [-0.15, -0.1) is 0 Å². The Bertz CT molecular complexity index is 656. The van der Waals surface area contributed by atoms with Gasteiger partial charge in [-0.1, -0.05) is 12.1 Å². The molecule has 2 atom stereocenters. The van der Waals surface area contributed by atoms with E-state index in [9.17, 15) is 0 Å². The van der Waals surface area contributed by atoms with Gasteiger partial charge in [0, 0.05) is 52.3 Å². The Labute approximate surface area is 148 Å². The molecular formula is C17H27N5O3. The van der Waals surface area contributed by atoms with Crippen molar-refractivity contribution in [1.29, 1.82) is 0 Å². The maximum Gasteiger partial charge on any atom is 0.162 e. The lowest BCUT2D eigenvalue weighted by molar-refractivity contribution is -0.0730. The Kier molecular flexibility index (Phi) is 6.19. The number of likely N-dealkylation sites (N-methyl/N-ethyl adjacent to an activating group) is 1. The lowest BCUT2D eigenvalue weighted by Gasteiger charge is -2.40. The van der Waals surface area contributed by atoms with Gasteiger partial charge in [0.2, 0.25) is 0 Å². The summed E-state index contributed by atoms with van der Waals surface area (Å²) in [5.41, 5.74) is 0.865. The van der Waals surface area contributed by atoms with Crippen molar-refractivity contribution in [1.82, 2.24) is 24.9 Å². The monoisotopic (exact) mass is 349 g/mol. The highest BCUT2D eigenvalue weighted by atomic mass is 16.5. The van der Waals surface area contributed by atoms with Gasteiger partial charge in [0.05, 0.1) is 24.4 Å². The highest BCUT2D eigenvalue weighted by molar-refractivity contribution is 5.06. The third-order valence-corrected chi connectivity index (χ3v) is 4.53. The van der Waals surface area contributed by atoms with Crippen molar-refractivity contribution in [3.63, 3.8) is 0 Å². The van der Waals surface area contributed by atoms with Gasteiger partial charge in [-0.25, -0.2) is 4.98 Å². The molecule has 3 heterocycles. The molecule has 1 N–H and O–H groups in total. The number of aryl methyl sites for hydroxylation is 1. The van der Waals surface area contributed by atoms with Crippen LogP contribution >= 0.6 is 0 Å². The number of rotatable bonds is 8. The quantitative estimate of drug-likeness (QED) is 0.765. The first kappa shape index (κ1) is 18.1. The second kappa shape index (κ2) is 8.57. The molecule has 2 aromatic heterocycles. The number of nitrogens with one attached hydrogen (secondary N) is 1. The molecule has 0 bridgehead atoms. The van der Waals surface area contributed by atoms with Crippen molar-refractivity contribution in [2.24, 2.45) is 7.05 Å². The molecule has 1 aliphatic rings. The first-order valence-corrected chi connectivity index (χ1v) is 8.70. The molecule has 0 unspecified atom stereocenters. The highest BCUT2D eigenvalue weighted by Gasteiger charge is 2.35. The van der Waals surface area contributed by atoms with Crippen LogP contribution in [0.4, 0.5) is 0 Å². The lowest BCUT2D eigenvalue weighted by Crippen LogP contribution is -2.49. The van der Waals surface area contributed by atoms with Crippen LogP contribution in [0.3, 0.4) is 0 Å². The zero-order chi connectivity index (χ0) is 17.6. The van der Waals surface area contributed by atoms with Crippen LogP contribution < -0.4 is 5.32 Å². The number of hydrogen-bond acceptors (Lipinski definition) is 7. The van der Waals surface area contributed by atoms with Crippen LogP contribution in [0.15, 0.2) is 23.0 Å². The fourth-order valence-corrected chi connectivity index (χ4v) is 3.30. The summed E-state index contributed by atoms with van der Waals surface area (Å²) >= 11 is 0. The normalized spacial score (nSPS) is 21.7. The molecule has 2 aromatic rings. The van der Waals surface area contributed by atoms with Gasteiger partial charge >= 0.3 is 0 Å². The van der Waals surface area contributed by atoms with Gasteiger partial charge in [0.1, 0.15) is 12.4 Å². The SMILES string of the molecule is CCN1CCO[C@@H](CNCc2cc(COC)on2)[C@@H]1c1nccn1C. The fourth-order valence-electron chi connectivity index (χ4n) is 3.30. The molecule has 1 aliphatic heterocycles. The minimum Gasteiger partial charge on any atom is -0.377 e. The van der Waals surface area contributed by atoms with Crippen molar-refractivity contribution in [3.8, 4) is 0 Å². The topological polar surface area (TPSA) is 77.6 Å². The molecule has 0 saturated carbocycles. The number of ether oxygens (including phenoxy) is 2. The predicted molar refractivity (Wildman–Crippen MR) is 91.9 cm³/mol. The molecule has 0 amide bonds. The van der Waals surface area contributed by atoms with E-state index in [1.165, 1.54) is 0 Å². The Morgan fingerprint density at radius 1 is 1.44 bits per heavy atom. The third-order valence-electron chi connectivity index (χ3n) is 4.53. The Morgan fingerprint density at radius 2 is 2.32 bits per heavy atom. The zero-order valence-electron chi connectivity index (χ0n) is 15.1. The first-order chi connectivity index (χ1) is 12.2. The van der Waals surface area contributed by atoms with Gasteiger partial charge in [-0.05, 0) is 6.54 Å². The maximum absolute atomic E-state index is 6.06. The summed E-state index contributed by atoms with van der Waals surface area (Å²) in [6.45, 7) is 6.61. The number of aromatic nitrogens is 3. The van der Waals surface area contributed by atoms with E-state index in [1.54, 1.807) is 7.11 Å². The molecular weight excluding hydrogens is 322 g/mol. The van der Waals surface area contributed by atoms with E-state index in [0.717, 1.165) is 43.5 Å². The molecule has 25 heavy (non-hydrogen) atoms. The van der Waals surface area contributed by atoms with Crippen molar-refractivity contribution in [2.75, 3.05) is 33.4 Å². The average Bonchev–Trinajstić information content (AvgIpc) is 3.24. The van der Waals surface area contributed by atoms with Crippen LogP contribution in [0.2, 0.25) is 0 Å². The first-order valence-electron chi connectivity index (χ1n) is 8.70. The summed E-state index contributed by atoms with van der Waals surface area (Å²) in [7, 11) is 3.67. The van der Waals surface area contributed by atoms with E-state index in [2.05, 4.69) is 31.8 Å². The second-order valence-electron chi connectivity index (χ2n) is 6.23. The Morgan fingerprint density at radius 3 is 3.04 bits per heavy atom. The van der Waals surface area contributed by atoms with E-state index in [4.69, 9.17) is 14.0 Å². The van der Waals surface area contributed by atoms with Crippen LogP contribution in [0.5, 0.6) is 0 Å². The molecule has 3 rings (SSSR count). The Hall–Kier alpha value is -1.74. The maximum atomic E-state index is 6.06. The van der Waals surface area contributed by atoms with E-state index in [-0.39, 0.29) is 12.1 Å². The molecule has 0 aliphatic carbocycles. The molecule has 1 saturated heterocycles. The molecule has 0 spiro atoms. The van der Waals surface area contributed by atoms with E-state index in [0.29, 0.717) is 13.2 Å². The van der Waals surface area contributed by atoms with Gasteiger partial charge < -0.3 is 23.9 Å².